The van der Waals surface area contributed by atoms with E-state index in [1.165, 1.54) is 0 Å². The van der Waals surface area contributed by atoms with Gasteiger partial charge in [0.2, 0.25) is 0 Å². The van der Waals surface area contributed by atoms with Crippen LogP contribution < -0.4 is 0 Å². The van der Waals surface area contributed by atoms with Crippen LogP contribution in [-0.2, 0) is 4.43 Å². The topological polar surface area (TPSA) is 9.23 Å². The Morgan fingerprint density at radius 2 is 1.75 bits per heavy atom. The Hall–Kier alpha value is -0.303. The Morgan fingerprint density at radius 3 is 1.75 bits per heavy atom. The summed E-state index contributed by atoms with van der Waals surface area (Å²) >= 11 is 0. The highest BCUT2D eigenvalue weighted by molar-refractivity contribution is 5.97. The molecule has 0 spiro atoms. The highest BCUT2D eigenvalue weighted by atomic mass is 28.2. The average Bonchev–Trinajstić information content (AvgIpc) is 1.69. The van der Waals surface area contributed by atoms with Crippen molar-refractivity contribution in [1.82, 2.24) is 0 Å². The monoisotopic (exact) mass is 130 g/mol. The normalized spacial score (nSPS) is 6.38. The second kappa shape index (κ2) is 9.85. The van der Waals surface area contributed by atoms with Gasteiger partial charge in [0.05, 0.1) is 0 Å². The lowest BCUT2D eigenvalue weighted by Gasteiger charge is -1.67. The molecule has 0 amide bonds. The van der Waals surface area contributed by atoms with Gasteiger partial charge < -0.3 is 4.43 Å². The maximum atomic E-state index is 4.39. The van der Waals surface area contributed by atoms with E-state index in [1.807, 2.05) is 13.8 Å². The second-order valence-corrected chi connectivity index (χ2v) is 2.40. The third kappa shape index (κ3) is 43.6. The van der Waals surface area contributed by atoms with Crippen LogP contribution in [0.25, 0.3) is 0 Å². The van der Waals surface area contributed by atoms with Gasteiger partial charge in [-0.3, -0.25) is 0 Å². The first-order valence-electron chi connectivity index (χ1n) is 2.42. The standard InChI is InChI=1S/C5H8.CH6OSi/c1-4-5(2)3;1-2-3/h1H2,2-3H3;1,3H3. The van der Waals surface area contributed by atoms with Crippen molar-refractivity contribution in [3.05, 3.63) is 17.9 Å². The van der Waals surface area contributed by atoms with Crippen LogP contribution in [0.4, 0.5) is 0 Å². The molecule has 48 valence electrons. The number of hydrogen-bond donors (Lipinski definition) is 0. The van der Waals surface area contributed by atoms with E-state index in [1.54, 1.807) is 7.11 Å². The van der Waals surface area contributed by atoms with Gasteiger partial charge >= 0.3 is 0 Å². The molecule has 0 heterocycles. The average molecular weight is 130 g/mol. The van der Waals surface area contributed by atoms with Gasteiger partial charge in [0, 0.05) is 7.11 Å². The summed E-state index contributed by atoms with van der Waals surface area (Å²) in [5.41, 5.74) is 3.84. The highest BCUT2D eigenvalue weighted by Crippen LogP contribution is 1.77. The fourth-order valence-electron chi connectivity index (χ4n) is 0. The second-order valence-electron chi connectivity index (χ2n) is 1.59. The van der Waals surface area contributed by atoms with Crippen molar-refractivity contribution in [2.75, 3.05) is 7.11 Å². The molecular weight excluding hydrogens is 116 g/mol. The minimum absolute atomic E-state index is 0.869. The molecule has 0 saturated heterocycles. The van der Waals surface area contributed by atoms with Gasteiger partial charge in [0.25, 0.3) is 0 Å². The van der Waals surface area contributed by atoms with Crippen LogP contribution in [0.2, 0.25) is 0 Å². The van der Waals surface area contributed by atoms with Gasteiger partial charge in [-0.2, -0.15) is 0 Å². The Bertz CT molecular complexity index is 78.5. The Kier molecular flexibility index (Phi) is 13.1. The van der Waals surface area contributed by atoms with Crippen LogP contribution in [0.3, 0.4) is 0 Å². The molecule has 0 radical (unpaired) electrons. The fraction of sp³-hybridized carbons (Fsp3) is 0.500. The van der Waals surface area contributed by atoms with Gasteiger partial charge in [-0.1, -0.05) is 6.58 Å². The molecular formula is C6H14OSi. The lowest BCUT2D eigenvalue weighted by molar-refractivity contribution is 0.460. The van der Waals surface area contributed by atoms with Gasteiger partial charge in [0.1, 0.15) is 10.5 Å². The molecule has 0 aliphatic rings. The van der Waals surface area contributed by atoms with E-state index in [-0.39, 0.29) is 0 Å². The third-order valence-corrected chi connectivity index (χ3v) is 0.354. The van der Waals surface area contributed by atoms with Crippen LogP contribution >= 0.6 is 0 Å². The van der Waals surface area contributed by atoms with E-state index in [9.17, 15) is 0 Å². The summed E-state index contributed by atoms with van der Waals surface area (Å²) in [4.78, 5) is 0. The van der Waals surface area contributed by atoms with E-state index in [4.69, 9.17) is 0 Å². The smallest absolute Gasteiger partial charge is 0.145 e. The number of rotatable bonds is 0. The minimum atomic E-state index is 0.869. The predicted molar refractivity (Wildman–Crippen MR) is 40.9 cm³/mol. The van der Waals surface area contributed by atoms with Crippen molar-refractivity contribution in [1.29, 1.82) is 0 Å². The van der Waals surface area contributed by atoms with Gasteiger partial charge in [-0.25, -0.2) is 0 Å². The first-order chi connectivity index (χ1) is 3.68. The van der Waals surface area contributed by atoms with Crippen molar-refractivity contribution in [2.24, 2.45) is 0 Å². The predicted octanol–water partition coefficient (Wildman–Crippen LogP) is 0.651. The first-order valence-corrected chi connectivity index (χ1v) is 3.24. The molecule has 0 aromatic heterocycles. The molecule has 0 saturated carbocycles. The van der Waals surface area contributed by atoms with Crippen LogP contribution in [0.15, 0.2) is 17.9 Å². The third-order valence-electron chi connectivity index (χ3n) is 0.354. The highest BCUT2D eigenvalue weighted by Gasteiger charge is 1.57. The molecule has 0 aliphatic heterocycles. The molecule has 8 heavy (non-hydrogen) atoms. The molecule has 0 atom stereocenters. The van der Waals surface area contributed by atoms with Crippen LogP contribution in [0.5, 0.6) is 0 Å². The fourth-order valence-corrected chi connectivity index (χ4v) is 0. The molecule has 0 aromatic rings. The Balaban J connectivity index is 0. The molecule has 0 aliphatic carbocycles. The van der Waals surface area contributed by atoms with E-state index in [2.05, 4.69) is 16.7 Å². The lowest BCUT2D eigenvalue weighted by Crippen LogP contribution is -1.60. The summed E-state index contributed by atoms with van der Waals surface area (Å²) in [5, 5.41) is 0. The summed E-state index contributed by atoms with van der Waals surface area (Å²) in [6.45, 7) is 7.33. The number of hydrogen-bond acceptors (Lipinski definition) is 1. The molecule has 0 rings (SSSR count). The molecule has 0 fully saturated rings. The lowest BCUT2D eigenvalue weighted by atomic mass is 10.4. The van der Waals surface area contributed by atoms with Gasteiger partial charge in [0.15, 0.2) is 0 Å². The maximum Gasteiger partial charge on any atom is 0.145 e. The van der Waals surface area contributed by atoms with Crippen LogP contribution in [0.1, 0.15) is 13.8 Å². The molecule has 0 bridgehead atoms. The van der Waals surface area contributed by atoms with Crippen molar-refractivity contribution in [2.45, 2.75) is 13.8 Å². The molecule has 0 unspecified atom stereocenters. The summed E-state index contributed by atoms with van der Waals surface area (Å²) < 4.78 is 4.39. The molecule has 2 heteroatoms. The van der Waals surface area contributed by atoms with Crippen molar-refractivity contribution in [3.63, 3.8) is 0 Å². The van der Waals surface area contributed by atoms with Gasteiger partial charge in [-0.15, -0.1) is 5.73 Å². The summed E-state index contributed by atoms with van der Waals surface area (Å²) in [6, 6.07) is 0. The van der Waals surface area contributed by atoms with E-state index >= 15 is 0 Å². The summed E-state index contributed by atoms with van der Waals surface area (Å²) in [6.07, 6.45) is 0. The molecule has 1 nitrogen and oxygen atoms in total. The SMILES string of the molecule is C=C=C(C)C.CO[SiH3]. The Labute approximate surface area is 54.6 Å². The summed E-state index contributed by atoms with van der Waals surface area (Å²) in [5.74, 6) is 0. The zero-order chi connectivity index (χ0) is 6.99. The number of allylic oxidation sites excluding steroid dienone is 1. The van der Waals surface area contributed by atoms with Crippen molar-refractivity contribution in [3.8, 4) is 0 Å². The van der Waals surface area contributed by atoms with Crippen molar-refractivity contribution >= 4 is 10.5 Å². The zero-order valence-electron chi connectivity index (χ0n) is 6.12. The summed E-state index contributed by atoms with van der Waals surface area (Å²) in [7, 11) is 2.56. The largest absolute Gasteiger partial charge is 0.431 e. The van der Waals surface area contributed by atoms with Crippen LogP contribution in [0, 0.1) is 0 Å². The van der Waals surface area contributed by atoms with E-state index < -0.39 is 0 Å². The van der Waals surface area contributed by atoms with E-state index in [0.29, 0.717) is 0 Å². The molecule has 0 N–H and O–H groups in total. The maximum absolute atomic E-state index is 4.39. The molecule has 0 aromatic carbocycles. The van der Waals surface area contributed by atoms with Gasteiger partial charge in [-0.05, 0) is 19.4 Å². The quantitative estimate of drug-likeness (QED) is 0.345. The Morgan fingerprint density at radius 1 is 1.62 bits per heavy atom. The van der Waals surface area contributed by atoms with Crippen molar-refractivity contribution < 1.29 is 4.43 Å². The van der Waals surface area contributed by atoms with Crippen LogP contribution in [-0.4, -0.2) is 17.6 Å². The zero-order valence-corrected chi connectivity index (χ0v) is 8.12. The first kappa shape index (κ1) is 10.6. The minimum Gasteiger partial charge on any atom is -0.431 e. The van der Waals surface area contributed by atoms with E-state index in [0.717, 1.165) is 16.1 Å².